The van der Waals surface area contributed by atoms with Crippen molar-refractivity contribution in [3.8, 4) is 6.07 Å². The third-order valence-electron chi connectivity index (χ3n) is 4.83. The largest absolute Gasteiger partial charge is 0.304 e. The highest BCUT2D eigenvalue weighted by atomic mass is 15.3. The van der Waals surface area contributed by atoms with Crippen molar-refractivity contribution in [3.63, 3.8) is 0 Å². The summed E-state index contributed by atoms with van der Waals surface area (Å²) in [5, 5.41) is 9.61. The maximum Gasteiger partial charge on any atom is 0.109 e. The van der Waals surface area contributed by atoms with Crippen molar-refractivity contribution in [2.75, 3.05) is 33.2 Å². The van der Waals surface area contributed by atoms with E-state index in [0.29, 0.717) is 0 Å². The van der Waals surface area contributed by atoms with Crippen molar-refractivity contribution in [1.82, 2.24) is 9.80 Å². The molecule has 1 heterocycles. The van der Waals surface area contributed by atoms with Gasteiger partial charge in [0.25, 0.3) is 0 Å². The summed E-state index contributed by atoms with van der Waals surface area (Å²) >= 11 is 0. The van der Waals surface area contributed by atoms with Crippen molar-refractivity contribution < 1.29 is 0 Å². The first kappa shape index (κ1) is 12.9. The second-order valence-electron chi connectivity index (χ2n) is 5.79. The molecule has 2 aliphatic rings. The van der Waals surface area contributed by atoms with Gasteiger partial charge in [-0.2, -0.15) is 5.26 Å². The smallest absolute Gasteiger partial charge is 0.109 e. The Balaban J connectivity index is 1.99. The quantitative estimate of drug-likeness (QED) is 0.734. The highest BCUT2D eigenvalue weighted by Crippen LogP contribution is 2.37. The molecular formula is C14H25N3. The monoisotopic (exact) mass is 235 g/mol. The molecule has 0 aromatic carbocycles. The Morgan fingerprint density at radius 1 is 1.18 bits per heavy atom. The van der Waals surface area contributed by atoms with Crippen LogP contribution in [0.4, 0.5) is 0 Å². The summed E-state index contributed by atoms with van der Waals surface area (Å²) in [4.78, 5) is 4.82. The molecule has 0 bridgehead atoms. The van der Waals surface area contributed by atoms with Gasteiger partial charge in [0.1, 0.15) is 5.54 Å². The molecule has 0 aromatic rings. The molecule has 0 N–H and O–H groups in total. The predicted molar refractivity (Wildman–Crippen MR) is 69.7 cm³/mol. The lowest BCUT2D eigenvalue weighted by Gasteiger charge is -2.46. The van der Waals surface area contributed by atoms with E-state index in [1.54, 1.807) is 0 Å². The lowest BCUT2D eigenvalue weighted by Crippen LogP contribution is -2.57. The van der Waals surface area contributed by atoms with Gasteiger partial charge < -0.3 is 4.90 Å². The molecule has 17 heavy (non-hydrogen) atoms. The first-order valence-electron chi connectivity index (χ1n) is 7.05. The summed E-state index contributed by atoms with van der Waals surface area (Å²) in [7, 11) is 2.17. The molecule has 0 unspecified atom stereocenters. The third kappa shape index (κ3) is 2.64. The Morgan fingerprint density at radius 2 is 1.76 bits per heavy atom. The zero-order valence-corrected chi connectivity index (χ0v) is 11.3. The summed E-state index contributed by atoms with van der Waals surface area (Å²) in [5.41, 5.74) is -0.132. The summed E-state index contributed by atoms with van der Waals surface area (Å²) in [6.45, 7) is 6.64. The van der Waals surface area contributed by atoms with Crippen molar-refractivity contribution in [3.05, 3.63) is 0 Å². The Kier molecular flexibility index (Phi) is 4.06. The summed E-state index contributed by atoms with van der Waals surface area (Å²) in [6.07, 6.45) is 5.95. The van der Waals surface area contributed by atoms with Crippen LogP contribution in [0.5, 0.6) is 0 Å². The average molecular weight is 235 g/mol. The normalized spacial score (nSPS) is 36.6. The zero-order chi connectivity index (χ0) is 12.3. The fraction of sp³-hybridized carbons (Fsp3) is 0.929. The lowest BCUT2D eigenvalue weighted by molar-refractivity contribution is 0.0392. The topological polar surface area (TPSA) is 30.3 Å². The molecule has 0 atom stereocenters. The van der Waals surface area contributed by atoms with Gasteiger partial charge in [0, 0.05) is 26.2 Å². The molecule has 1 saturated heterocycles. The minimum absolute atomic E-state index is 0.132. The predicted octanol–water partition coefficient (Wildman–Crippen LogP) is 2.10. The van der Waals surface area contributed by atoms with Crippen LogP contribution in [0.25, 0.3) is 0 Å². The van der Waals surface area contributed by atoms with Crippen LogP contribution in [0.3, 0.4) is 0 Å². The van der Waals surface area contributed by atoms with E-state index < -0.39 is 0 Å². The standard InChI is InChI=1S/C14H25N3/c1-3-13-4-6-14(12-15,7-5-13)17-10-8-16(2)9-11-17/h13H,3-11H2,1-2H3. The third-order valence-corrected chi connectivity index (χ3v) is 4.83. The van der Waals surface area contributed by atoms with E-state index in [4.69, 9.17) is 0 Å². The zero-order valence-electron chi connectivity index (χ0n) is 11.3. The maximum atomic E-state index is 9.61. The van der Waals surface area contributed by atoms with Gasteiger partial charge >= 0.3 is 0 Å². The van der Waals surface area contributed by atoms with E-state index in [1.807, 2.05) is 0 Å². The molecule has 1 aliphatic carbocycles. The van der Waals surface area contributed by atoms with E-state index in [9.17, 15) is 5.26 Å². The highest BCUT2D eigenvalue weighted by Gasteiger charge is 2.40. The Bertz CT molecular complexity index is 278. The molecule has 1 aliphatic heterocycles. The molecule has 3 nitrogen and oxygen atoms in total. The number of hydrogen-bond donors (Lipinski definition) is 0. The second kappa shape index (κ2) is 5.37. The summed E-state index contributed by atoms with van der Waals surface area (Å²) < 4.78 is 0. The average Bonchev–Trinajstić information content (AvgIpc) is 2.40. The Hall–Kier alpha value is -0.590. The molecule has 0 spiro atoms. The van der Waals surface area contributed by atoms with Gasteiger partial charge in [0.05, 0.1) is 6.07 Å². The van der Waals surface area contributed by atoms with E-state index in [2.05, 4.69) is 29.8 Å². The van der Waals surface area contributed by atoms with Gasteiger partial charge in [-0.1, -0.05) is 13.3 Å². The van der Waals surface area contributed by atoms with Crippen molar-refractivity contribution in [1.29, 1.82) is 5.26 Å². The number of likely N-dealkylation sites (N-methyl/N-ethyl adjacent to an activating group) is 1. The number of hydrogen-bond acceptors (Lipinski definition) is 3. The van der Waals surface area contributed by atoms with Crippen LogP contribution in [-0.4, -0.2) is 48.6 Å². The molecule has 2 rings (SSSR count). The van der Waals surface area contributed by atoms with Crippen molar-refractivity contribution >= 4 is 0 Å². The van der Waals surface area contributed by atoms with Crippen molar-refractivity contribution in [2.24, 2.45) is 5.92 Å². The van der Waals surface area contributed by atoms with Crippen LogP contribution < -0.4 is 0 Å². The molecule has 0 radical (unpaired) electrons. The van der Waals surface area contributed by atoms with Crippen LogP contribution in [-0.2, 0) is 0 Å². The second-order valence-corrected chi connectivity index (χ2v) is 5.79. The van der Waals surface area contributed by atoms with Crippen molar-refractivity contribution in [2.45, 2.75) is 44.6 Å². The molecular weight excluding hydrogens is 210 g/mol. The van der Waals surface area contributed by atoms with E-state index in [-0.39, 0.29) is 5.54 Å². The van der Waals surface area contributed by atoms with Crippen LogP contribution in [0.1, 0.15) is 39.0 Å². The number of nitriles is 1. The molecule has 1 saturated carbocycles. The van der Waals surface area contributed by atoms with Gasteiger partial charge in [0.15, 0.2) is 0 Å². The first-order chi connectivity index (χ1) is 8.20. The summed E-state index contributed by atoms with van der Waals surface area (Å²) in [5.74, 6) is 0.865. The fourth-order valence-corrected chi connectivity index (χ4v) is 3.30. The maximum absolute atomic E-state index is 9.61. The van der Waals surface area contributed by atoms with Crippen LogP contribution in [0, 0.1) is 17.2 Å². The van der Waals surface area contributed by atoms with Crippen LogP contribution >= 0.6 is 0 Å². The Labute approximate surface area is 105 Å². The molecule has 3 heteroatoms. The van der Waals surface area contributed by atoms with Gasteiger partial charge in [0.2, 0.25) is 0 Å². The van der Waals surface area contributed by atoms with E-state index in [1.165, 1.54) is 19.3 Å². The van der Waals surface area contributed by atoms with E-state index in [0.717, 1.165) is 44.9 Å². The fourth-order valence-electron chi connectivity index (χ4n) is 3.30. The molecule has 2 fully saturated rings. The number of rotatable bonds is 2. The highest BCUT2D eigenvalue weighted by molar-refractivity contribution is 5.11. The lowest BCUT2D eigenvalue weighted by atomic mass is 9.75. The van der Waals surface area contributed by atoms with E-state index >= 15 is 0 Å². The number of piperazine rings is 1. The molecule has 0 aromatic heterocycles. The van der Waals surface area contributed by atoms with Crippen LogP contribution in [0.15, 0.2) is 0 Å². The first-order valence-corrected chi connectivity index (χ1v) is 7.05. The molecule has 0 amide bonds. The van der Waals surface area contributed by atoms with Gasteiger partial charge in [-0.25, -0.2) is 0 Å². The number of nitrogens with zero attached hydrogens (tertiary/aromatic N) is 3. The summed E-state index contributed by atoms with van der Waals surface area (Å²) in [6, 6.07) is 2.65. The molecule has 96 valence electrons. The SMILES string of the molecule is CCC1CCC(C#N)(N2CCN(C)CC2)CC1. The Morgan fingerprint density at radius 3 is 2.24 bits per heavy atom. The minimum atomic E-state index is -0.132. The van der Waals surface area contributed by atoms with Gasteiger partial charge in [-0.05, 0) is 38.6 Å². The minimum Gasteiger partial charge on any atom is -0.304 e. The van der Waals surface area contributed by atoms with Gasteiger partial charge in [-0.3, -0.25) is 4.90 Å². The van der Waals surface area contributed by atoms with Crippen LogP contribution in [0.2, 0.25) is 0 Å². The van der Waals surface area contributed by atoms with Gasteiger partial charge in [-0.15, -0.1) is 0 Å².